The fraction of sp³-hybridized carbons (Fsp3) is 1.00. The van der Waals surface area contributed by atoms with Gasteiger partial charge in [0.2, 0.25) is 0 Å². The summed E-state index contributed by atoms with van der Waals surface area (Å²) >= 11 is 0. The van der Waals surface area contributed by atoms with E-state index in [1.807, 2.05) is 0 Å². The van der Waals surface area contributed by atoms with Crippen LogP contribution in [0.5, 0.6) is 0 Å². The van der Waals surface area contributed by atoms with Gasteiger partial charge in [-0.3, -0.25) is 4.90 Å². The second kappa shape index (κ2) is 7.02. The molecule has 0 aromatic heterocycles. The van der Waals surface area contributed by atoms with Crippen molar-refractivity contribution < 1.29 is 4.74 Å². The van der Waals surface area contributed by atoms with Crippen LogP contribution >= 0.6 is 0 Å². The molecule has 0 aliphatic carbocycles. The predicted octanol–water partition coefficient (Wildman–Crippen LogP) is 0.783. The molecule has 0 radical (unpaired) electrons. The standard InChI is InChI=1S/C15H29N3O/c1-2-14(12-16-5-1)3-6-17-7-4-15(13-17)18-8-10-19-11-9-18/h14-16H,1-13H2. The quantitative estimate of drug-likeness (QED) is 0.815. The van der Waals surface area contributed by atoms with Crippen molar-refractivity contribution in [2.24, 2.45) is 5.92 Å². The van der Waals surface area contributed by atoms with Crippen molar-refractivity contribution in [1.82, 2.24) is 15.1 Å². The topological polar surface area (TPSA) is 27.7 Å². The summed E-state index contributed by atoms with van der Waals surface area (Å²) in [6, 6.07) is 0.799. The van der Waals surface area contributed by atoms with E-state index in [-0.39, 0.29) is 0 Å². The van der Waals surface area contributed by atoms with Crippen LogP contribution in [-0.4, -0.2) is 74.9 Å². The Hall–Kier alpha value is -0.160. The number of likely N-dealkylation sites (tertiary alicyclic amines) is 1. The van der Waals surface area contributed by atoms with Crippen LogP contribution in [0.1, 0.15) is 25.7 Å². The second-order valence-corrected chi connectivity index (χ2v) is 6.39. The highest BCUT2D eigenvalue weighted by Gasteiger charge is 2.28. The lowest BCUT2D eigenvalue weighted by molar-refractivity contribution is 0.0184. The smallest absolute Gasteiger partial charge is 0.0594 e. The van der Waals surface area contributed by atoms with E-state index in [4.69, 9.17) is 4.74 Å². The molecule has 0 aromatic rings. The van der Waals surface area contributed by atoms with Crippen LogP contribution in [0.15, 0.2) is 0 Å². The molecule has 3 rings (SSSR count). The number of hydrogen-bond acceptors (Lipinski definition) is 4. The van der Waals surface area contributed by atoms with Crippen LogP contribution in [0.4, 0.5) is 0 Å². The van der Waals surface area contributed by atoms with Gasteiger partial charge in [-0.2, -0.15) is 0 Å². The molecule has 0 bridgehead atoms. The fourth-order valence-electron chi connectivity index (χ4n) is 3.79. The number of nitrogens with zero attached hydrogens (tertiary/aromatic N) is 2. The van der Waals surface area contributed by atoms with E-state index in [1.165, 1.54) is 58.4 Å². The van der Waals surface area contributed by atoms with Gasteiger partial charge in [0.1, 0.15) is 0 Å². The highest BCUT2D eigenvalue weighted by molar-refractivity contribution is 4.85. The Morgan fingerprint density at radius 3 is 2.79 bits per heavy atom. The molecular formula is C15H29N3O. The Bertz CT molecular complexity index is 262. The van der Waals surface area contributed by atoms with Crippen LogP contribution in [0, 0.1) is 5.92 Å². The Labute approximate surface area is 117 Å². The van der Waals surface area contributed by atoms with E-state index in [2.05, 4.69) is 15.1 Å². The molecule has 4 heteroatoms. The summed E-state index contributed by atoms with van der Waals surface area (Å²) in [6.45, 7) is 10.6. The minimum atomic E-state index is 0.799. The van der Waals surface area contributed by atoms with Crippen LogP contribution < -0.4 is 5.32 Å². The maximum absolute atomic E-state index is 5.45. The van der Waals surface area contributed by atoms with Gasteiger partial charge < -0.3 is 15.0 Å². The molecule has 0 spiro atoms. The third kappa shape index (κ3) is 3.91. The van der Waals surface area contributed by atoms with Gasteiger partial charge in [0, 0.05) is 25.7 Å². The number of piperidine rings is 1. The Morgan fingerprint density at radius 2 is 2.00 bits per heavy atom. The Balaban J connectivity index is 1.36. The van der Waals surface area contributed by atoms with Crippen molar-refractivity contribution in [3.8, 4) is 0 Å². The van der Waals surface area contributed by atoms with E-state index in [1.54, 1.807) is 0 Å². The first kappa shape index (κ1) is 13.8. The lowest BCUT2D eigenvalue weighted by Gasteiger charge is -2.32. The van der Waals surface area contributed by atoms with E-state index in [0.29, 0.717) is 0 Å². The molecule has 2 unspecified atom stereocenters. The van der Waals surface area contributed by atoms with E-state index in [9.17, 15) is 0 Å². The van der Waals surface area contributed by atoms with E-state index < -0.39 is 0 Å². The van der Waals surface area contributed by atoms with Gasteiger partial charge in [0.05, 0.1) is 13.2 Å². The number of morpholine rings is 1. The molecule has 110 valence electrons. The van der Waals surface area contributed by atoms with E-state index in [0.717, 1.165) is 38.3 Å². The van der Waals surface area contributed by atoms with Gasteiger partial charge in [-0.05, 0) is 57.8 Å². The summed E-state index contributed by atoms with van der Waals surface area (Å²) in [4.78, 5) is 5.33. The van der Waals surface area contributed by atoms with Crippen molar-refractivity contribution in [3.05, 3.63) is 0 Å². The number of nitrogens with one attached hydrogen (secondary N) is 1. The molecule has 0 aromatic carbocycles. The minimum absolute atomic E-state index is 0.799. The van der Waals surface area contributed by atoms with Crippen LogP contribution in [-0.2, 0) is 4.74 Å². The van der Waals surface area contributed by atoms with Gasteiger partial charge in [0.15, 0.2) is 0 Å². The molecule has 2 atom stereocenters. The molecule has 19 heavy (non-hydrogen) atoms. The summed E-state index contributed by atoms with van der Waals surface area (Å²) in [5.41, 5.74) is 0. The van der Waals surface area contributed by atoms with Gasteiger partial charge in [-0.1, -0.05) is 0 Å². The monoisotopic (exact) mass is 267 g/mol. The molecule has 0 saturated carbocycles. The molecule has 3 heterocycles. The number of hydrogen-bond donors (Lipinski definition) is 1. The first-order valence-electron chi connectivity index (χ1n) is 8.17. The van der Waals surface area contributed by atoms with Crippen LogP contribution in [0.2, 0.25) is 0 Å². The highest BCUT2D eigenvalue weighted by Crippen LogP contribution is 2.20. The number of ether oxygens (including phenoxy) is 1. The molecule has 3 aliphatic rings. The van der Waals surface area contributed by atoms with Crippen molar-refractivity contribution in [1.29, 1.82) is 0 Å². The summed E-state index contributed by atoms with van der Waals surface area (Å²) in [6.07, 6.45) is 5.57. The molecule has 3 aliphatic heterocycles. The lowest BCUT2D eigenvalue weighted by Crippen LogP contribution is -2.44. The van der Waals surface area contributed by atoms with Gasteiger partial charge in [0.25, 0.3) is 0 Å². The highest BCUT2D eigenvalue weighted by atomic mass is 16.5. The summed E-state index contributed by atoms with van der Waals surface area (Å²) < 4.78 is 5.45. The molecule has 4 nitrogen and oxygen atoms in total. The summed E-state index contributed by atoms with van der Waals surface area (Å²) in [7, 11) is 0. The van der Waals surface area contributed by atoms with Crippen LogP contribution in [0.3, 0.4) is 0 Å². The van der Waals surface area contributed by atoms with E-state index >= 15 is 0 Å². The first-order chi connectivity index (χ1) is 9.42. The molecule has 0 amide bonds. The molecule has 1 N–H and O–H groups in total. The predicted molar refractivity (Wildman–Crippen MR) is 77.4 cm³/mol. The largest absolute Gasteiger partial charge is 0.379 e. The zero-order valence-electron chi connectivity index (χ0n) is 12.1. The fourth-order valence-corrected chi connectivity index (χ4v) is 3.79. The Kier molecular flexibility index (Phi) is 5.10. The SMILES string of the molecule is C1CNCC(CCN2CCC(N3CCOCC3)C2)C1. The zero-order chi connectivity index (χ0) is 12.9. The van der Waals surface area contributed by atoms with Crippen molar-refractivity contribution in [3.63, 3.8) is 0 Å². The Morgan fingerprint density at radius 1 is 1.11 bits per heavy atom. The third-order valence-electron chi connectivity index (χ3n) is 5.06. The van der Waals surface area contributed by atoms with Gasteiger partial charge in [-0.25, -0.2) is 0 Å². The summed E-state index contributed by atoms with van der Waals surface area (Å²) in [5, 5.41) is 3.53. The number of rotatable bonds is 4. The van der Waals surface area contributed by atoms with Gasteiger partial charge in [-0.15, -0.1) is 0 Å². The third-order valence-corrected chi connectivity index (χ3v) is 5.06. The maximum atomic E-state index is 5.45. The zero-order valence-corrected chi connectivity index (χ0v) is 12.1. The average molecular weight is 267 g/mol. The minimum Gasteiger partial charge on any atom is -0.379 e. The normalized spacial score (nSPS) is 34.7. The lowest BCUT2D eigenvalue weighted by atomic mass is 9.96. The van der Waals surface area contributed by atoms with Gasteiger partial charge >= 0.3 is 0 Å². The summed E-state index contributed by atoms with van der Waals surface area (Å²) in [5.74, 6) is 0.927. The van der Waals surface area contributed by atoms with Crippen molar-refractivity contribution >= 4 is 0 Å². The molecule has 3 saturated heterocycles. The molecular weight excluding hydrogens is 238 g/mol. The van der Waals surface area contributed by atoms with Crippen molar-refractivity contribution in [2.45, 2.75) is 31.7 Å². The maximum Gasteiger partial charge on any atom is 0.0594 e. The first-order valence-corrected chi connectivity index (χ1v) is 8.17. The van der Waals surface area contributed by atoms with Crippen molar-refractivity contribution in [2.75, 3.05) is 59.0 Å². The average Bonchev–Trinajstić information content (AvgIpc) is 2.96. The van der Waals surface area contributed by atoms with Crippen LogP contribution in [0.25, 0.3) is 0 Å². The second-order valence-electron chi connectivity index (χ2n) is 6.39. The molecule has 3 fully saturated rings.